The molecule has 4 saturated carbocycles. The Kier molecular flexibility index (Phi) is 4.30. The van der Waals surface area contributed by atoms with E-state index in [0.29, 0.717) is 13.0 Å². The van der Waals surface area contributed by atoms with Crippen molar-refractivity contribution in [3.8, 4) is 0 Å². The number of nitrogens with one attached hydrogen (secondary N) is 2. The number of carbonyl (C=O) groups excluding carboxylic acids is 1. The molecule has 4 fully saturated rings. The molecule has 4 aliphatic carbocycles. The van der Waals surface area contributed by atoms with Crippen LogP contribution in [0.25, 0.3) is 0 Å². The molecule has 5 rings (SSSR count). The van der Waals surface area contributed by atoms with Crippen molar-refractivity contribution in [1.29, 1.82) is 0 Å². The molecule has 4 bridgehead atoms. The van der Waals surface area contributed by atoms with Gasteiger partial charge in [0.15, 0.2) is 0 Å². The first-order valence-corrected chi connectivity index (χ1v) is 9.73. The summed E-state index contributed by atoms with van der Waals surface area (Å²) >= 11 is 0. The molecule has 0 aliphatic heterocycles. The molecule has 1 heterocycles. The monoisotopic (exact) mass is 346 g/mol. The lowest BCUT2D eigenvalue weighted by Gasteiger charge is -2.56. The molecule has 1 aromatic heterocycles. The number of hydrogen-bond donors (Lipinski definition) is 3. The first-order valence-electron chi connectivity index (χ1n) is 9.73. The zero-order chi connectivity index (χ0) is 17.6. The Labute approximate surface area is 149 Å². The Morgan fingerprint density at radius 3 is 2.36 bits per heavy atom. The number of furan rings is 1. The van der Waals surface area contributed by atoms with Crippen LogP contribution in [0.5, 0.6) is 0 Å². The van der Waals surface area contributed by atoms with Crippen molar-refractivity contribution in [3.05, 3.63) is 23.2 Å². The number of aryl methyl sites for hydroxylation is 2. The molecular weight excluding hydrogens is 316 g/mol. The summed E-state index contributed by atoms with van der Waals surface area (Å²) in [7, 11) is 0. The highest BCUT2D eigenvalue weighted by Gasteiger charge is 2.51. The normalized spacial score (nSPS) is 34.1. The number of carbonyl (C=O) groups is 1. The average Bonchev–Trinajstić information content (AvgIpc) is 2.83. The second kappa shape index (κ2) is 6.35. The van der Waals surface area contributed by atoms with Gasteiger partial charge in [-0.15, -0.1) is 0 Å². The Morgan fingerprint density at radius 2 is 1.84 bits per heavy atom. The van der Waals surface area contributed by atoms with Crippen LogP contribution in [0.4, 0.5) is 4.79 Å². The van der Waals surface area contributed by atoms with E-state index in [1.807, 2.05) is 19.9 Å². The highest BCUT2D eigenvalue weighted by molar-refractivity contribution is 5.74. The van der Waals surface area contributed by atoms with Crippen LogP contribution in [0, 0.1) is 31.6 Å². The molecule has 0 aromatic carbocycles. The largest absolute Gasteiger partial charge is 0.466 e. The van der Waals surface area contributed by atoms with E-state index in [1.54, 1.807) is 0 Å². The van der Waals surface area contributed by atoms with Crippen LogP contribution in [0.15, 0.2) is 10.5 Å². The highest BCUT2D eigenvalue weighted by Crippen LogP contribution is 2.55. The maximum absolute atomic E-state index is 12.4. The van der Waals surface area contributed by atoms with E-state index in [9.17, 15) is 9.90 Å². The van der Waals surface area contributed by atoms with Gasteiger partial charge in [0.05, 0.1) is 6.10 Å². The fourth-order valence-corrected chi connectivity index (χ4v) is 6.01. The van der Waals surface area contributed by atoms with Crippen molar-refractivity contribution < 1.29 is 14.3 Å². The summed E-state index contributed by atoms with van der Waals surface area (Å²) in [5, 5.41) is 16.5. The number of amides is 2. The van der Waals surface area contributed by atoms with Crippen molar-refractivity contribution in [2.75, 3.05) is 6.54 Å². The van der Waals surface area contributed by atoms with Gasteiger partial charge in [0.25, 0.3) is 0 Å². The standard InChI is InChI=1S/C20H30N2O3/c1-12-5-17(13(2)25-12)18(23)3-4-21-19(24)22-20-9-14-6-15(10-20)8-16(7-14)11-20/h5,14-16,18,23H,3-4,6-11H2,1-2H3,(H2,21,22,24). The maximum atomic E-state index is 12.4. The first-order chi connectivity index (χ1) is 11.9. The van der Waals surface area contributed by atoms with Crippen molar-refractivity contribution in [1.82, 2.24) is 10.6 Å². The molecular formula is C20H30N2O3. The molecule has 25 heavy (non-hydrogen) atoms. The summed E-state index contributed by atoms with van der Waals surface area (Å²) in [5.74, 6) is 4.02. The molecule has 0 saturated heterocycles. The Balaban J connectivity index is 1.26. The molecule has 5 nitrogen and oxygen atoms in total. The molecule has 0 spiro atoms. The fourth-order valence-electron chi connectivity index (χ4n) is 6.01. The molecule has 5 heteroatoms. The maximum Gasteiger partial charge on any atom is 0.315 e. The van der Waals surface area contributed by atoms with Gasteiger partial charge < -0.3 is 20.2 Å². The van der Waals surface area contributed by atoms with E-state index in [2.05, 4.69) is 10.6 Å². The molecule has 1 atom stereocenters. The summed E-state index contributed by atoms with van der Waals surface area (Å²) < 4.78 is 5.46. The Bertz CT molecular complexity index is 616. The lowest BCUT2D eigenvalue weighted by molar-refractivity contribution is -0.0135. The zero-order valence-corrected chi connectivity index (χ0v) is 15.3. The van der Waals surface area contributed by atoms with E-state index in [-0.39, 0.29) is 11.6 Å². The minimum absolute atomic E-state index is 0.0374. The van der Waals surface area contributed by atoms with Gasteiger partial charge >= 0.3 is 6.03 Å². The van der Waals surface area contributed by atoms with Crippen LogP contribution in [0.3, 0.4) is 0 Å². The smallest absolute Gasteiger partial charge is 0.315 e. The highest BCUT2D eigenvalue weighted by atomic mass is 16.3. The van der Waals surface area contributed by atoms with Crippen LogP contribution < -0.4 is 10.6 Å². The van der Waals surface area contributed by atoms with Gasteiger partial charge in [-0.2, -0.15) is 0 Å². The summed E-state index contributed by atoms with van der Waals surface area (Å²) in [4.78, 5) is 12.4. The van der Waals surface area contributed by atoms with Gasteiger partial charge in [0, 0.05) is 17.6 Å². The first kappa shape index (κ1) is 17.0. The van der Waals surface area contributed by atoms with E-state index >= 15 is 0 Å². The Morgan fingerprint density at radius 1 is 1.24 bits per heavy atom. The molecule has 1 unspecified atom stereocenters. The van der Waals surface area contributed by atoms with Gasteiger partial charge in [-0.3, -0.25) is 0 Å². The van der Waals surface area contributed by atoms with Crippen LogP contribution in [-0.2, 0) is 0 Å². The average molecular weight is 346 g/mol. The summed E-state index contributed by atoms with van der Waals surface area (Å²) in [6.07, 6.45) is 7.48. The second-order valence-electron chi connectivity index (χ2n) is 8.75. The van der Waals surface area contributed by atoms with Crippen molar-refractivity contribution >= 4 is 6.03 Å². The second-order valence-corrected chi connectivity index (χ2v) is 8.75. The van der Waals surface area contributed by atoms with E-state index in [4.69, 9.17) is 4.42 Å². The number of aliphatic hydroxyl groups excluding tert-OH is 1. The van der Waals surface area contributed by atoms with Gasteiger partial charge in [-0.25, -0.2) is 4.79 Å². The quantitative estimate of drug-likeness (QED) is 0.763. The van der Waals surface area contributed by atoms with Crippen LogP contribution in [0.1, 0.15) is 68.1 Å². The van der Waals surface area contributed by atoms with Crippen molar-refractivity contribution in [2.24, 2.45) is 17.8 Å². The summed E-state index contributed by atoms with van der Waals surface area (Å²) in [5.41, 5.74) is 0.858. The van der Waals surface area contributed by atoms with Crippen molar-refractivity contribution in [2.45, 2.75) is 70.4 Å². The molecule has 4 aliphatic rings. The van der Waals surface area contributed by atoms with Crippen LogP contribution in [-0.4, -0.2) is 23.2 Å². The zero-order valence-electron chi connectivity index (χ0n) is 15.3. The summed E-state index contributed by atoms with van der Waals surface area (Å²) in [6.45, 7) is 4.20. The summed E-state index contributed by atoms with van der Waals surface area (Å²) in [6, 6.07) is 1.80. The third-order valence-electron chi connectivity index (χ3n) is 6.56. The van der Waals surface area contributed by atoms with E-state index in [0.717, 1.165) is 54.1 Å². The van der Waals surface area contributed by atoms with E-state index < -0.39 is 6.10 Å². The third-order valence-corrected chi connectivity index (χ3v) is 6.56. The molecule has 3 N–H and O–H groups in total. The van der Waals surface area contributed by atoms with Crippen molar-refractivity contribution in [3.63, 3.8) is 0 Å². The Hall–Kier alpha value is -1.49. The topological polar surface area (TPSA) is 74.5 Å². The number of rotatable bonds is 5. The molecule has 138 valence electrons. The van der Waals surface area contributed by atoms with Gasteiger partial charge in [-0.05, 0) is 82.6 Å². The minimum atomic E-state index is -0.600. The number of urea groups is 1. The van der Waals surface area contributed by atoms with Crippen LogP contribution >= 0.6 is 0 Å². The lowest BCUT2D eigenvalue weighted by atomic mass is 9.53. The number of hydrogen-bond acceptors (Lipinski definition) is 3. The number of aliphatic hydroxyl groups is 1. The molecule has 0 radical (unpaired) electrons. The molecule has 2 amide bonds. The third kappa shape index (κ3) is 3.43. The predicted octanol–water partition coefficient (Wildman–Crippen LogP) is 3.59. The lowest BCUT2D eigenvalue weighted by Crippen LogP contribution is -2.61. The molecule has 1 aromatic rings. The fraction of sp³-hybridized carbons (Fsp3) is 0.750. The SMILES string of the molecule is Cc1cc(C(O)CCNC(=O)NC23CC4CC(CC(C4)C2)C3)c(C)o1. The van der Waals surface area contributed by atoms with Gasteiger partial charge in [0.2, 0.25) is 0 Å². The minimum Gasteiger partial charge on any atom is -0.466 e. The van der Waals surface area contributed by atoms with E-state index in [1.165, 1.54) is 19.3 Å². The predicted molar refractivity (Wildman–Crippen MR) is 95.2 cm³/mol. The van der Waals surface area contributed by atoms with Gasteiger partial charge in [-0.1, -0.05) is 0 Å². The van der Waals surface area contributed by atoms with Gasteiger partial charge in [0.1, 0.15) is 11.5 Å². The van der Waals surface area contributed by atoms with Crippen LogP contribution in [0.2, 0.25) is 0 Å².